The van der Waals surface area contributed by atoms with Gasteiger partial charge in [-0.1, -0.05) is 0 Å². The summed E-state index contributed by atoms with van der Waals surface area (Å²) >= 11 is 0. The molecule has 0 saturated heterocycles. The standard InChI is InChI=1S/C7H8N2O3/c8-5-1-2-6(10)9(3-5)4-7(11)12/h1-3H,4,8H2,(H,11,12). The van der Waals surface area contributed by atoms with Crippen LogP contribution in [0.2, 0.25) is 0 Å². The molecule has 0 radical (unpaired) electrons. The highest BCUT2D eigenvalue weighted by molar-refractivity contribution is 5.66. The molecule has 1 rings (SSSR count). The molecule has 0 aromatic carbocycles. The van der Waals surface area contributed by atoms with E-state index < -0.39 is 5.97 Å². The van der Waals surface area contributed by atoms with Crippen molar-refractivity contribution in [3.05, 3.63) is 28.7 Å². The van der Waals surface area contributed by atoms with Gasteiger partial charge in [0.15, 0.2) is 0 Å². The van der Waals surface area contributed by atoms with Gasteiger partial charge in [0.05, 0.1) is 0 Å². The molecule has 0 unspecified atom stereocenters. The highest BCUT2D eigenvalue weighted by Crippen LogP contribution is 1.94. The fourth-order valence-corrected chi connectivity index (χ4v) is 0.819. The largest absolute Gasteiger partial charge is 0.480 e. The third-order valence-electron chi connectivity index (χ3n) is 1.31. The second kappa shape index (κ2) is 3.08. The molecular weight excluding hydrogens is 160 g/mol. The van der Waals surface area contributed by atoms with Crippen molar-refractivity contribution in [3.63, 3.8) is 0 Å². The Hall–Kier alpha value is -1.78. The number of carboxylic acid groups (broad SMARTS) is 1. The zero-order valence-corrected chi connectivity index (χ0v) is 6.23. The number of pyridine rings is 1. The van der Waals surface area contributed by atoms with Gasteiger partial charge in [-0.05, 0) is 6.07 Å². The van der Waals surface area contributed by atoms with Gasteiger partial charge < -0.3 is 15.4 Å². The first-order valence-electron chi connectivity index (χ1n) is 3.27. The predicted molar refractivity (Wildman–Crippen MR) is 42.8 cm³/mol. The van der Waals surface area contributed by atoms with E-state index in [1.807, 2.05) is 0 Å². The number of hydrogen-bond acceptors (Lipinski definition) is 3. The molecule has 0 aliphatic rings. The molecule has 0 amide bonds. The number of aromatic nitrogens is 1. The molecule has 64 valence electrons. The molecule has 5 nitrogen and oxygen atoms in total. The van der Waals surface area contributed by atoms with E-state index in [0.29, 0.717) is 5.69 Å². The fourth-order valence-electron chi connectivity index (χ4n) is 0.819. The molecule has 5 heteroatoms. The molecule has 0 bridgehead atoms. The molecule has 0 saturated carbocycles. The Morgan fingerprint density at radius 2 is 2.25 bits per heavy atom. The van der Waals surface area contributed by atoms with Crippen LogP contribution in [0.3, 0.4) is 0 Å². The second-order valence-corrected chi connectivity index (χ2v) is 2.32. The van der Waals surface area contributed by atoms with Crippen LogP contribution in [0.1, 0.15) is 0 Å². The van der Waals surface area contributed by atoms with Gasteiger partial charge in [-0.2, -0.15) is 0 Å². The summed E-state index contributed by atoms with van der Waals surface area (Å²) in [5.74, 6) is -1.07. The van der Waals surface area contributed by atoms with Gasteiger partial charge in [0.2, 0.25) is 0 Å². The summed E-state index contributed by atoms with van der Waals surface area (Å²) in [7, 11) is 0. The van der Waals surface area contributed by atoms with Gasteiger partial charge in [0.1, 0.15) is 6.54 Å². The van der Waals surface area contributed by atoms with Crippen LogP contribution in [-0.4, -0.2) is 15.6 Å². The minimum atomic E-state index is -1.07. The molecule has 12 heavy (non-hydrogen) atoms. The number of nitrogens with zero attached hydrogens (tertiary/aromatic N) is 1. The second-order valence-electron chi connectivity index (χ2n) is 2.32. The van der Waals surface area contributed by atoms with Gasteiger partial charge in [0.25, 0.3) is 5.56 Å². The molecule has 3 N–H and O–H groups in total. The number of aliphatic carboxylic acids is 1. The maximum atomic E-state index is 11.0. The smallest absolute Gasteiger partial charge is 0.323 e. The molecule has 0 aliphatic heterocycles. The highest BCUT2D eigenvalue weighted by Gasteiger charge is 2.00. The van der Waals surface area contributed by atoms with Crippen LogP contribution in [0.5, 0.6) is 0 Å². The van der Waals surface area contributed by atoms with Gasteiger partial charge in [-0.15, -0.1) is 0 Å². The molecule has 1 aromatic rings. The number of anilines is 1. The van der Waals surface area contributed by atoms with Gasteiger partial charge in [0, 0.05) is 18.0 Å². The number of hydrogen-bond donors (Lipinski definition) is 2. The fraction of sp³-hybridized carbons (Fsp3) is 0.143. The van der Waals surface area contributed by atoms with Crippen molar-refractivity contribution in [1.82, 2.24) is 4.57 Å². The Morgan fingerprint density at radius 1 is 1.58 bits per heavy atom. The first kappa shape index (κ1) is 8.32. The molecule has 0 spiro atoms. The minimum absolute atomic E-state index is 0.357. The van der Waals surface area contributed by atoms with E-state index in [-0.39, 0.29) is 12.1 Å². The summed E-state index contributed by atoms with van der Waals surface area (Å²) < 4.78 is 1.04. The van der Waals surface area contributed by atoms with E-state index in [4.69, 9.17) is 10.8 Å². The van der Waals surface area contributed by atoms with Crippen molar-refractivity contribution in [2.45, 2.75) is 6.54 Å². The lowest BCUT2D eigenvalue weighted by Crippen LogP contribution is -2.22. The highest BCUT2D eigenvalue weighted by atomic mass is 16.4. The van der Waals surface area contributed by atoms with E-state index in [2.05, 4.69) is 0 Å². The lowest BCUT2D eigenvalue weighted by molar-refractivity contribution is -0.137. The van der Waals surface area contributed by atoms with Crippen LogP contribution < -0.4 is 11.3 Å². The van der Waals surface area contributed by atoms with Crippen molar-refractivity contribution < 1.29 is 9.90 Å². The topological polar surface area (TPSA) is 85.3 Å². The lowest BCUT2D eigenvalue weighted by Gasteiger charge is -2.01. The summed E-state index contributed by atoms with van der Waals surface area (Å²) in [5, 5.41) is 8.38. The Kier molecular flexibility index (Phi) is 2.14. The zero-order valence-electron chi connectivity index (χ0n) is 6.23. The average Bonchev–Trinajstić information content (AvgIpc) is 1.96. The Morgan fingerprint density at radius 3 is 2.83 bits per heavy atom. The lowest BCUT2D eigenvalue weighted by atomic mass is 10.4. The SMILES string of the molecule is Nc1ccc(=O)n(CC(=O)O)c1. The van der Waals surface area contributed by atoms with Crippen LogP contribution in [0.25, 0.3) is 0 Å². The average molecular weight is 168 g/mol. The van der Waals surface area contributed by atoms with E-state index in [1.54, 1.807) is 0 Å². The number of rotatable bonds is 2. The van der Waals surface area contributed by atoms with Crippen LogP contribution in [0.15, 0.2) is 23.1 Å². The Labute approximate surface area is 68.0 Å². The van der Waals surface area contributed by atoms with Gasteiger partial charge in [-0.25, -0.2) is 0 Å². The first-order chi connectivity index (χ1) is 5.59. The quantitative estimate of drug-likeness (QED) is 0.624. The number of carbonyl (C=O) groups is 1. The monoisotopic (exact) mass is 168 g/mol. The van der Waals surface area contributed by atoms with Crippen molar-refractivity contribution in [2.75, 3.05) is 5.73 Å². The summed E-state index contributed by atoms with van der Waals surface area (Å²) in [6.07, 6.45) is 1.30. The molecule has 1 heterocycles. The Bertz CT molecular complexity index is 356. The summed E-state index contributed by atoms with van der Waals surface area (Å²) in [5.41, 5.74) is 5.35. The minimum Gasteiger partial charge on any atom is -0.480 e. The number of carboxylic acids is 1. The van der Waals surface area contributed by atoms with Crippen LogP contribution in [-0.2, 0) is 11.3 Å². The molecule has 0 fully saturated rings. The van der Waals surface area contributed by atoms with Crippen molar-refractivity contribution in [2.24, 2.45) is 0 Å². The van der Waals surface area contributed by atoms with Crippen molar-refractivity contribution in [1.29, 1.82) is 0 Å². The zero-order chi connectivity index (χ0) is 9.14. The van der Waals surface area contributed by atoms with Gasteiger partial charge >= 0.3 is 5.97 Å². The maximum Gasteiger partial charge on any atom is 0.323 e. The molecule has 0 atom stereocenters. The molecular formula is C7H8N2O3. The Balaban J connectivity index is 3.06. The van der Waals surface area contributed by atoms with Crippen LogP contribution in [0, 0.1) is 0 Å². The third-order valence-corrected chi connectivity index (χ3v) is 1.31. The first-order valence-corrected chi connectivity index (χ1v) is 3.27. The maximum absolute atomic E-state index is 11.0. The predicted octanol–water partition coefficient (Wildman–Crippen LogP) is -0.485. The normalized spacial score (nSPS) is 9.67. The van der Waals surface area contributed by atoms with E-state index in [1.165, 1.54) is 18.3 Å². The van der Waals surface area contributed by atoms with E-state index >= 15 is 0 Å². The van der Waals surface area contributed by atoms with Crippen molar-refractivity contribution in [3.8, 4) is 0 Å². The number of nitrogens with two attached hydrogens (primary N) is 1. The van der Waals surface area contributed by atoms with Crippen molar-refractivity contribution >= 4 is 11.7 Å². The summed E-state index contributed by atoms with van der Waals surface area (Å²) in [6.45, 7) is -0.357. The third kappa shape index (κ3) is 1.85. The summed E-state index contributed by atoms with van der Waals surface area (Å²) in [6, 6.07) is 2.67. The summed E-state index contributed by atoms with van der Waals surface area (Å²) in [4.78, 5) is 21.2. The molecule has 0 aliphatic carbocycles. The van der Waals surface area contributed by atoms with E-state index in [9.17, 15) is 9.59 Å². The van der Waals surface area contributed by atoms with E-state index in [0.717, 1.165) is 4.57 Å². The molecule has 1 aromatic heterocycles. The van der Waals surface area contributed by atoms with Crippen LogP contribution in [0.4, 0.5) is 5.69 Å². The number of nitrogen functional groups attached to an aromatic ring is 1. The van der Waals surface area contributed by atoms with Gasteiger partial charge in [-0.3, -0.25) is 9.59 Å². The van der Waals surface area contributed by atoms with Crippen LogP contribution >= 0.6 is 0 Å².